The highest BCUT2D eigenvalue weighted by Gasteiger charge is 2.42. The number of hydrogen-bond donors (Lipinski definition) is 1. The Morgan fingerprint density at radius 1 is 1.05 bits per heavy atom. The van der Waals surface area contributed by atoms with Crippen LogP contribution < -0.4 is 20.1 Å². The van der Waals surface area contributed by atoms with E-state index in [1.54, 1.807) is 31.4 Å². The number of allylic oxidation sites excluding steroid dienone is 3. The second kappa shape index (κ2) is 11.7. The van der Waals surface area contributed by atoms with Crippen LogP contribution in [0.5, 0.6) is 11.5 Å². The average molecular weight is 608 g/mol. The van der Waals surface area contributed by atoms with E-state index < -0.39 is 17.7 Å². The van der Waals surface area contributed by atoms with Crippen molar-refractivity contribution in [3.63, 3.8) is 0 Å². The number of anilines is 1. The summed E-state index contributed by atoms with van der Waals surface area (Å²) in [5.41, 5.74) is 9.89. The zero-order valence-electron chi connectivity index (χ0n) is 23.8. The molecule has 2 N–H and O–H groups in total. The molecule has 0 spiro atoms. The number of carbonyl (C=O) groups is 1. The molecule has 1 atom stereocenters. The van der Waals surface area contributed by atoms with Gasteiger partial charge in [-0.2, -0.15) is 18.4 Å². The number of methoxy groups -OCH3 is 1. The predicted octanol–water partition coefficient (Wildman–Crippen LogP) is 7.87. The molecule has 0 fully saturated rings. The minimum atomic E-state index is -4.63. The Labute approximate surface area is 252 Å². The third kappa shape index (κ3) is 5.67. The van der Waals surface area contributed by atoms with Crippen molar-refractivity contribution in [1.82, 2.24) is 0 Å². The van der Waals surface area contributed by atoms with Crippen molar-refractivity contribution in [2.24, 2.45) is 5.73 Å². The highest BCUT2D eigenvalue weighted by Crippen LogP contribution is 2.49. The van der Waals surface area contributed by atoms with E-state index in [1.807, 2.05) is 26.0 Å². The number of nitrogens with two attached hydrogens (primary N) is 1. The van der Waals surface area contributed by atoms with Crippen LogP contribution in [0.4, 0.5) is 18.9 Å². The van der Waals surface area contributed by atoms with Gasteiger partial charge in [0.25, 0.3) is 0 Å². The first-order chi connectivity index (χ1) is 20.4. The first-order valence-electron chi connectivity index (χ1n) is 13.6. The number of aryl methyl sites for hydroxylation is 2. The fraction of sp³-hybridized carbons (Fsp3) is 0.273. The third-order valence-corrected chi connectivity index (χ3v) is 8.24. The summed E-state index contributed by atoms with van der Waals surface area (Å²) in [6, 6.07) is 16.2. The Morgan fingerprint density at radius 3 is 2.40 bits per heavy atom. The average Bonchev–Trinajstić information content (AvgIpc) is 2.97. The molecule has 0 radical (unpaired) electrons. The van der Waals surface area contributed by atoms with Crippen molar-refractivity contribution in [3.05, 3.63) is 110 Å². The number of alkyl halides is 3. The van der Waals surface area contributed by atoms with Gasteiger partial charge in [-0.3, -0.25) is 9.69 Å². The number of halogens is 4. The molecule has 3 aromatic rings. The molecule has 0 saturated carbocycles. The molecule has 1 unspecified atom stereocenters. The predicted molar refractivity (Wildman–Crippen MR) is 158 cm³/mol. The highest BCUT2D eigenvalue weighted by molar-refractivity contribution is 6.33. The van der Waals surface area contributed by atoms with Gasteiger partial charge in [-0.05, 0) is 91.4 Å². The maximum absolute atomic E-state index is 13.7. The van der Waals surface area contributed by atoms with E-state index >= 15 is 0 Å². The molecule has 0 aromatic heterocycles. The standard InChI is InChI=1S/C33H29ClF3N3O3/c1-18-13-19(2)24(14-20(18)17-43-23-10-8-22(42-3)9-11-23)30-25(16-38)32(39)40(27-5-4-6-29(41)31(27)30)28-15-21(33(35,36)37)7-12-26(28)34/h7-15,30H,4-6,17,39H2,1-3H3. The topological polar surface area (TPSA) is 88.6 Å². The lowest BCUT2D eigenvalue weighted by Crippen LogP contribution is -2.39. The normalized spacial score (nSPS) is 17.1. The number of nitriles is 1. The maximum atomic E-state index is 13.7. The fourth-order valence-electron chi connectivity index (χ4n) is 5.75. The Balaban J connectivity index is 1.63. The Hall–Kier alpha value is -4.42. The van der Waals surface area contributed by atoms with Gasteiger partial charge in [0, 0.05) is 17.7 Å². The van der Waals surface area contributed by atoms with Crippen molar-refractivity contribution in [2.45, 2.75) is 51.8 Å². The monoisotopic (exact) mass is 607 g/mol. The summed E-state index contributed by atoms with van der Waals surface area (Å²) in [4.78, 5) is 14.9. The van der Waals surface area contributed by atoms with Crippen molar-refractivity contribution in [2.75, 3.05) is 12.0 Å². The molecule has 5 rings (SSSR count). The summed E-state index contributed by atoms with van der Waals surface area (Å²) in [6.07, 6.45) is -3.52. The summed E-state index contributed by atoms with van der Waals surface area (Å²) < 4.78 is 52.2. The first-order valence-corrected chi connectivity index (χ1v) is 14.0. The largest absolute Gasteiger partial charge is 0.497 e. The van der Waals surface area contributed by atoms with Gasteiger partial charge in [0.05, 0.1) is 40.9 Å². The van der Waals surface area contributed by atoms with E-state index in [1.165, 1.54) is 4.90 Å². The van der Waals surface area contributed by atoms with Crippen LogP contribution >= 0.6 is 11.6 Å². The van der Waals surface area contributed by atoms with Gasteiger partial charge < -0.3 is 15.2 Å². The minimum Gasteiger partial charge on any atom is -0.497 e. The van der Waals surface area contributed by atoms with Crippen LogP contribution in [0.1, 0.15) is 53.0 Å². The third-order valence-electron chi connectivity index (χ3n) is 7.92. The molecule has 10 heteroatoms. The molecule has 1 aliphatic heterocycles. The quantitative estimate of drug-likeness (QED) is 0.307. The van der Waals surface area contributed by atoms with Crippen molar-refractivity contribution < 1.29 is 27.4 Å². The number of rotatable bonds is 6. The van der Waals surface area contributed by atoms with Crippen LogP contribution in [-0.4, -0.2) is 12.9 Å². The van der Waals surface area contributed by atoms with Crippen molar-refractivity contribution in [3.8, 4) is 17.6 Å². The van der Waals surface area contributed by atoms with Gasteiger partial charge in [-0.1, -0.05) is 23.7 Å². The van der Waals surface area contributed by atoms with Gasteiger partial charge in [0.2, 0.25) is 0 Å². The second-order valence-electron chi connectivity index (χ2n) is 10.6. The van der Waals surface area contributed by atoms with Gasteiger partial charge in [0.1, 0.15) is 23.9 Å². The lowest BCUT2D eigenvalue weighted by Gasteiger charge is -2.40. The summed E-state index contributed by atoms with van der Waals surface area (Å²) in [7, 11) is 1.58. The highest BCUT2D eigenvalue weighted by atomic mass is 35.5. The van der Waals surface area contributed by atoms with E-state index in [0.29, 0.717) is 41.2 Å². The summed E-state index contributed by atoms with van der Waals surface area (Å²) in [5, 5.41) is 10.4. The lowest BCUT2D eigenvalue weighted by molar-refractivity contribution is -0.137. The molecule has 0 amide bonds. The van der Waals surface area contributed by atoms with Gasteiger partial charge in [-0.15, -0.1) is 0 Å². The summed E-state index contributed by atoms with van der Waals surface area (Å²) >= 11 is 6.42. The van der Waals surface area contributed by atoms with E-state index in [9.17, 15) is 23.2 Å². The van der Waals surface area contributed by atoms with Crippen LogP contribution in [0.15, 0.2) is 77.3 Å². The van der Waals surface area contributed by atoms with Crippen LogP contribution in [0.2, 0.25) is 5.02 Å². The zero-order valence-corrected chi connectivity index (χ0v) is 24.6. The Morgan fingerprint density at radius 2 is 1.74 bits per heavy atom. The molecule has 1 heterocycles. The number of Topliss-reactive ketones (excluding diaryl/α,β-unsaturated/α-hetero) is 1. The lowest BCUT2D eigenvalue weighted by atomic mass is 9.74. The molecule has 2 aliphatic rings. The second-order valence-corrected chi connectivity index (χ2v) is 11.0. The Bertz CT molecular complexity index is 1710. The van der Waals surface area contributed by atoms with Crippen LogP contribution in [0, 0.1) is 25.2 Å². The van der Waals surface area contributed by atoms with Crippen LogP contribution in [-0.2, 0) is 17.6 Å². The molecule has 0 bridgehead atoms. The number of ether oxygens (including phenoxy) is 2. The molecule has 222 valence electrons. The van der Waals surface area contributed by atoms with Gasteiger partial charge in [-0.25, -0.2) is 0 Å². The number of nitrogens with zero attached hydrogens (tertiary/aromatic N) is 2. The molecule has 0 saturated heterocycles. The molecule has 6 nitrogen and oxygen atoms in total. The smallest absolute Gasteiger partial charge is 0.416 e. The molecule has 43 heavy (non-hydrogen) atoms. The minimum absolute atomic E-state index is 0.0149. The van der Waals surface area contributed by atoms with E-state index in [-0.39, 0.29) is 40.9 Å². The number of ketones is 1. The van der Waals surface area contributed by atoms with Gasteiger partial charge in [0.15, 0.2) is 5.78 Å². The van der Waals surface area contributed by atoms with E-state index in [4.69, 9.17) is 26.8 Å². The number of carbonyl (C=O) groups excluding carboxylic acids is 1. The van der Waals surface area contributed by atoms with Crippen molar-refractivity contribution in [1.29, 1.82) is 5.26 Å². The maximum Gasteiger partial charge on any atom is 0.416 e. The SMILES string of the molecule is COc1ccc(OCc2cc(C3C(C#N)=C(N)N(c4cc(C(F)(F)F)ccc4Cl)C4=C3C(=O)CCC4)c(C)cc2C)cc1. The molecular formula is C33H29ClF3N3O3. The summed E-state index contributed by atoms with van der Waals surface area (Å²) in [6.45, 7) is 4.07. The Kier molecular flexibility index (Phi) is 8.17. The van der Waals surface area contributed by atoms with Crippen molar-refractivity contribution >= 4 is 23.1 Å². The molecular weight excluding hydrogens is 579 g/mol. The molecule has 3 aromatic carbocycles. The zero-order chi connectivity index (χ0) is 31.1. The van der Waals surface area contributed by atoms with E-state index in [2.05, 4.69) is 6.07 Å². The summed E-state index contributed by atoms with van der Waals surface area (Å²) in [5.74, 6) is 0.305. The molecule has 1 aliphatic carbocycles. The van der Waals surface area contributed by atoms with Crippen LogP contribution in [0.25, 0.3) is 0 Å². The van der Waals surface area contributed by atoms with Gasteiger partial charge >= 0.3 is 6.18 Å². The first kappa shape index (κ1) is 30.1. The fourth-order valence-corrected chi connectivity index (χ4v) is 5.95. The van der Waals surface area contributed by atoms with E-state index in [0.717, 1.165) is 34.9 Å². The number of benzene rings is 3. The number of hydrogen-bond acceptors (Lipinski definition) is 6. The van der Waals surface area contributed by atoms with Crippen LogP contribution in [0.3, 0.4) is 0 Å².